The molecule has 5 nitrogen and oxygen atoms in total. The van der Waals surface area contributed by atoms with Crippen molar-refractivity contribution in [3.8, 4) is 0 Å². The molecule has 0 spiro atoms. The minimum atomic E-state index is -4.68. The average molecular weight is 269 g/mol. The fourth-order valence-corrected chi connectivity index (χ4v) is 2.04. The maximum Gasteiger partial charge on any atom is 0.415 e. The highest BCUT2D eigenvalue weighted by Crippen LogP contribution is 2.22. The molecule has 0 aromatic heterocycles. The molecule has 1 fully saturated rings. The highest BCUT2D eigenvalue weighted by atomic mass is 19.4. The van der Waals surface area contributed by atoms with E-state index in [1.54, 1.807) is 0 Å². The van der Waals surface area contributed by atoms with Crippen LogP contribution in [0.4, 0.5) is 13.2 Å². The first-order valence-electron chi connectivity index (χ1n) is 5.78. The lowest BCUT2D eigenvalue weighted by Gasteiger charge is -2.35. The highest BCUT2D eigenvalue weighted by Gasteiger charge is 2.40. The first-order valence-corrected chi connectivity index (χ1v) is 5.78. The van der Waals surface area contributed by atoms with Gasteiger partial charge in [-0.1, -0.05) is 0 Å². The second-order valence-electron chi connectivity index (χ2n) is 4.43. The van der Waals surface area contributed by atoms with E-state index in [1.807, 2.05) is 0 Å². The number of halogens is 3. The molecule has 4 N–H and O–H groups in total. The molecule has 0 radical (unpaired) electrons. The van der Waals surface area contributed by atoms with E-state index in [0.717, 1.165) is 0 Å². The van der Waals surface area contributed by atoms with E-state index in [9.17, 15) is 18.0 Å². The monoisotopic (exact) mass is 269 g/mol. The minimum absolute atomic E-state index is 0.157. The standard InChI is InChI=1S/C10H18F3N3O2/c11-10(12,13)8(17)5-16(6-9(14)18)7-1-3-15-4-2-7/h7-8,15,17H,1-6H2,(H2,14,18). The van der Waals surface area contributed by atoms with Crippen LogP contribution >= 0.6 is 0 Å². The van der Waals surface area contributed by atoms with Crippen molar-refractivity contribution in [2.75, 3.05) is 26.2 Å². The van der Waals surface area contributed by atoms with Gasteiger partial charge in [-0.05, 0) is 25.9 Å². The largest absolute Gasteiger partial charge is 0.415 e. The van der Waals surface area contributed by atoms with Gasteiger partial charge in [-0.15, -0.1) is 0 Å². The molecule has 1 saturated heterocycles. The molecule has 1 amide bonds. The number of nitrogens with one attached hydrogen (secondary N) is 1. The SMILES string of the molecule is NC(=O)CN(CC(O)C(F)(F)F)C1CCNCC1. The maximum atomic E-state index is 12.3. The van der Waals surface area contributed by atoms with Crippen LogP contribution in [0, 0.1) is 0 Å². The minimum Gasteiger partial charge on any atom is -0.382 e. The summed E-state index contributed by atoms with van der Waals surface area (Å²) in [4.78, 5) is 12.2. The number of primary amides is 1. The number of hydrogen-bond donors (Lipinski definition) is 3. The average Bonchev–Trinajstić information content (AvgIpc) is 2.27. The molecule has 0 saturated carbocycles. The number of amides is 1. The van der Waals surface area contributed by atoms with Gasteiger partial charge in [0.05, 0.1) is 6.54 Å². The van der Waals surface area contributed by atoms with E-state index in [2.05, 4.69) is 5.32 Å². The Bertz CT molecular complexity index is 280. The van der Waals surface area contributed by atoms with E-state index in [1.165, 1.54) is 4.90 Å². The molecule has 0 bridgehead atoms. The number of nitrogens with two attached hydrogens (primary N) is 1. The molecule has 1 rings (SSSR count). The van der Waals surface area contributed by atoms with Gasteiger partial charge in [0.1, 0.15) is 0 Å². The molecule has 1 heterocycles. The van der Waals surface area contributed by atoms with Crippen molar-refractivity contribution in [1.82, 2.24) is 10.2 Å². The van der Waals surface area contributed by atoms with Crippen LogP contribution in [0.25, 0.3) is 0 Å². The Hall–Kier alpha value is -0.860. The number of carbonyl (C=O) groups is 1. The van der Waals surface area contributed by atoms with Gasteiger partial charge in [0, 0.05) is 12.6 Å². The van der Waals surface area contributed by atoms with Crippen LogP contribution in [-0.2, 0) is 4.79 Å². The Morgan fingerprint density at radius 1 is 1.44 bits per heavy atom. The normalized spacial score (nSPS) is 20.1. The van der Waals surface area contributed by atoms with Crippen molar-refractivity contribution in [2.45, 2.75) is 31.2 Å². The van der Waals surface area contributed by atoms with Crippen molar-refractivity contribution in [1.29, 1.82) is 0 Å². The number of nitrogens with zero attached hydrogens (tertiary/aromatic N) is 1. The number of hydrogen-bond acceptors (Lipinski definition) is 4. The smallest absolute Gasteiger partial charge is 0.382 e. The highest BCUT2D eigenvalue weighted by molar-refractivity contribution is 5.75. The number of aliphatic hydroxyl groups excluding tert-OH is 1. The Kier molecular flexibility index (Phi) is 5.36. The zero-order chi connectivity index (χ0) is 13.8. The predicted molar refractivity (Wildman–Crippen MR) is 58.7 cm³/mol. The topological polar surface area (TPSA) is 78.6 Å². The van der Waals surface area contributed by atoms with Gasteiger partial charge in [-0.25, -0.2) is 0 Å². The van der Waals surface area contributed by atoms with E-state index in [0.29, 0.717) is 25.9 Å². The third-order valence-electron chi connectivity index (χ3n) is 2.97. The van der Waals surface area contributed by atoms with Crippen molar-refractivity contribution in [2.24, 2.45) is 5.73 Å². The van der Waals surface area contributed by atoms with Crippen LogP contribution in [-0.4, -0.2) is 60.4 Å². The van der Waals surface area contributed by atoms with Gasteiger partial charge in [0.25, 0.3) is 0 Å². The van der Waals surface area contributed by atoms with Crippen molar-refractivity contribution < 1.29 is 23.1 Å². The molecule has 1 atom stereocenters. The summed E-state index contributed by atoms with van der Waals surface area (Å²) in [7, 11) is 0. The number of piperidine rings is 1. The Morgan fingerprint density at radius 2 is 2.00 bits per heavy atom. The van der Waals surface area contributed by atoms with Crippen LogP contribution < -0.4 is 11.1 Å². The molecule has 18 heavy (non-hydrogen) atoms. The summed E-state index contributed by atoms with van der Waals surface area (Å²) in [5.74, 6) is -0.692. The van der Waals surface area contributed by atoms with Crippen LogP contribution in [0.3, 0.4) is 0 Å². The van der Waals surface area contributed by atoms with Crippen LogP contribution in [0.15, 0.2) is 0 Å². The number of aliphatic hydroxyl groups is 1. The lowest BCUT2D eigenvalue weighted by Crippen LogP contribution is -2.51. The molecular weight excluding hydrogens is 251 g/mol. The van der Waals surface area contributed by atoms with E-state index < -0.39 is 24.7 Å². The lowest BCUT2D eigenvalue weighted by molar-refractivity contribution is -0.209. The van der Waals surface area contributed by atoms with Crippen molar-refractivity contribution in [3.63, 3.8) is 0 Å². The third kappa shape index (κ3) is 4.79. The van der Waals surface area contributed by atoms with Crippen LogP contribution in [0.2, 0.25) is 0 Å². The van der Waals surface area contributed by atoms with Crippen LogP contribution in [0.1, 0.15) is 12.8 Å². The molecule has 0 aromatic carbocycles. The first-order chi connectivity index (χ1) is 8.30. The summed E-state index contributed by atoms with van der Waals surface area (Å²) in [6, 6.07) is -0.157. The van der Waals surface area contributed by atoms with E-state index in [4.69, 9.17) is 10.8 Å². The molecular formula is C10H18F3N3O2. The summed E-state index contributed by atoms with van der Waals surface area (Å²) in [5.41, 5.74) is 5.03. The van der Waals surface area contributed by atoms with Gasteiger partial charge in [0.2, 0.25) is 5.91 Å². The van der Waals surface area contributed by atoms with Crippen molar-refractivity contribution >= 4 is 5.91 Å². The molecule has 1 unspecified atom stereocenters. The van der Waals surface area contributed by atoms with E-state index in [-0.39, 0.29) is 12.6 Å². The summed E-state index contributed by atoms with van der Waals surface area (Å²) < 4.78 is 36.9. The lowest BCUT2D eigenvalue weighted by atomic mass is 10.0. The Morgan fingerprint density at radius 3 is 2.44 bits per heavy atom. The summed E-state index contributed by atoms with van der Waals surface area (Å²) in [5, 5.41) is 12.1. The molecule has 8 heteroatoms. The number of carbonyl (C=O) groups excluding carboxylic acids is 1. The van der Waals surface area contributed by atoms with Gasteiger partial charge in [0.15, 0.2) is 6.10 Å². The van der Waals surface area contributed by atoms with Gasteiger partial charge >= 0.3 is 6.18 Å². The third-order valence-corrected chi connectivity index (χ3v) is 2.97. The fourth-order valence-electron chi connectivity index (χ4n) is 2.04. The second kappa shape index (κ2) is 6.35. The number of alkyl halides is 3. The van der Waals surface area contributed by atoms with Gasteiger partial charge in [-0.3, -0.25) is 9.69 Å². The van der Waals surface area contributed by atoms with Crippen molar-refractivity contribution in [3.05, 3.63) is 0 Å². The quantitative estimate of drug-likeness (QED) is 0.625. The maximum absolute atomic E-state index is 12.3. The zero-order valence-corrected chi connectivity index (χ0v) is 9.91. The Labute approximate surface area is 103 Å². The molecule has 0 aromatic rings. The van der Waals surface area contributed by atoms with Gasteiger partial charge < -0.3 is 16.2 Å². The molecule has 1 aliphatic rings. The molecule has 106 valence electrons. The molecule has 0 aliphatic carbocycles. The van der Waals surface area contributed by atoms with E-state index >= 15 is 0 Å². The number of rotatable bonds is 5. The fraction of sp³-hybridized carbons (Fsp3) is 0.900. The Balaban J connectivity index is 2.62. The molecule has 1 aliphatic heterocycles. The summed E-state index contributed by atoms with van der Waals surface area (Å²) >= 11 is 0. The summed E-state index contributed by atoms with van der Waals surface area (Å²) in [6.07, 6.45) is -5.86. The first kappa shape index (κ1) is 15.2. The predicted octanol–water partition coefficient (Wildman–Crippen LogP) is -0.551. The van der Waals surface area contributed by atoms with Crippen LogP contribution in [0.5, 0.6) is 0 Å². The zero-order valence-electron chi connectivity index (χ0n) is 9.91. The summed E-state index contributed by atoms with van der Waals surface area (Å²) in [6.45, 7) is 0.485. The second-order valence-corrected chi connectivity index (χ2v) is 4.43. The van der Waals surface area contributed by atoms with Gasteiger partial charge in [-0.2, -0.15) is 13.2 Å².